The molecule has 1 aromatic carbocycles. The molecule has 4 nitrogen and oxygen atoms in total. The van der Waals surface area contributed by atoms with E-state index in [1.54, 1.807) is 6.07 Å². The van der Waals surface area contributed by atoms with E-state index in [2.05, 4.69) is 44.4 Å². The Morgan fingerprint density at radius 1 is 1.45 bits per heavy atom. The maximum absolute atomic E-state index is 13.6. The van der Waals surface area contributed by atoms with Gasteiger partial charge in [-0.1, -0.05) is 6.92 Å². The number of benzene rings is 1. The fourth-order valence-corrected chi connectivity index (χ4v) is 3.51. The summed E-state index contributed by atoms with van der Waals surface area (Å²) in [6.45, 7) is 4.30. The zero-order chi connectivity index (χ0) is 14.4. The zero-order valence-electron chi connectivity index (χ0n) is 11.6. The monoisotopic (exact) mass is 340 g/mol. The van der Waals surface area contributed by atoms with E-state index in [0.29, 0.717) is 27.9 Å². The van der Waals surface area contributed by atoms with Gasteiger partial charge in [0.05, 0.1) is 15.5 Å². The van der Waals surface area contributed by atoms with Crippen molar-refractivity contribution in [2.75, 3.05) is 25.9 Å². The van der Waals surface area contributed by atoms with Crippen LogP contribution in [0.3, 0.4) is 0 Å². The third kappa shape index (κ3) is 2.20. The molecule has 0 bridgehead atoms. The molecule has 0 aliphatic carbocycles. The van der Waals surface area contributed by atoms with Crippen molar-refractivity contribution in [2.45, 2.75) is 19.4 Å². The number of anilines is 1. The summed E-state index contributed by atoms with van der Waals surface area (Å²) in [5.74, 6) is 0.648. The minimum Gasteiger partial charge on any atom is -0.369 e. The van der Waals surface area contributed by atoms with Gasteiger partial charge in [0.15, 0.2) is 0 Å². The van der Waals surface area contributed by atoms with E-state index in [1.165, 1.54) is 6.07 Å². The van der Waals surface area contributed by atoms with Crippen LogP contribution >= 0.6 is 15.9 Å². The van der Waals surface area contributed by atoms with Crippen molar-refractivity contribution in [1.29, 1.82) is 0 Å². The van der Waals surface area contributed by atoms with Gasteiger partial charge in [-0.3, -0.25) is 0 Å². The lowest BCUT2D eigenvalue weighted by Crippen LogP contribution is -2.38. The number of piperidine rings is 1. The fraction of sp³-hybridized carbons (Fsp3) is 0.500. The standard InChI is InChI=1S/C14H18BrFN4/c1-8-7-19(2)4-3-12(8)20-13-5-9(15)10(16)6-11(13)18-14(20)17/h5-6,8,12H,3-4,7H2,1-2H3,(H2,17,18). The van der Waals surface area contributed by atoms with Gasteiger partial charge in [0.1, 0.15) is 5.82 Å². The highest BCUT2D eigenvalue weighted by Gasteiger charge is 2.28. The van der Waals surface area contributed by atoms with Crippen LogP contribution in [0.1, 0.15) is 19.4 Å². The summed E-state index contributed by atoms with van der Waals surface area (Å²) in [7, 11) is 2.13. The van der Waals surface area contributed by atoms with Crippen molar-refractivity contribution < 1.29 is 4.39 Å². The summed E-state index contributed by atoms with van der Waals surface area (Å²) < 4.78 is 16.1. The molecular formula is C14H18BrFN4. The summed E-state index contributed by atoms with van der Waals surface area (Å²) in [6, 6.07) is 3.53. The van der Waals surface area contributed by atoms with E-state index < -0.39 is 0 Å². The number of hydrogen-bond acceptors (Lipinski definition) is 3. The SMILES string of the molecule is CC1CN(C)CCC1n1c(N)nc2cc(F)c(Br)cc21. The number of aromatic nitrogens is 2. The second kappa shape index (κ2) is 5.00. The first-order chi connectivity index (χ1) is 9.47. The quantitative estimate of drug-likeness (QED) is 0.867. The van der Waals surface area contributed by atoms with Crippen LogP contribution < -0.4 is 5.73 Å². The summed E-state index contributed by atoms with van der Waals surface area (Å²) >= 11 is 3.24. The largest absolute Gasteiger partial charge is 0.369 e. The minimum absolute atomic E-state index is 0.307. The summed E-state index contributed by atoms with van der Waals surface area (Å²) in [5.41, 5.74) is 7.60. The Hall–Kier alpha value is -1.14. The van der Waals surface area contributed by atoms with Crippen LogP contribution in [0, 0.1) is 11.7 Å². The Morgan fingerprint density at radius 3 is 2.90 bits per heavy atom. The second-order valence-corrected chi connectivity index (χ2v) is 6.54. The lowest BCUT2D eigenvalue weighted by Gasteiger charge is -2.36. The topological polar surface area (TPSA) is 47.1 Å². The Balaban J connectivity index is 2.11. The molecule has 1 aromatic heterocycles. The molecule has 1 fully saturated rings. The summed E-state index contributed by atoms with van der Waals surface area (Å²) in [6.07, 6.45) is 1.03. The van der Waals surface area contributed by atoms with E-state index in [0.717, 1.165) is 25.0 Å². The van der Waals surface area contributed by atoms with Crippen LogP contribution in [0.2, 0.25) is 0 Å². The smallest absolute Gasteiger partial charge is 0.201 e. The molecule has 2 heterocycles. The van der Waals surface area contributed by atoms with Crippen molar-refractivity contribution in [3.05, 3.63) is 22.4 Å². The number of rotatable bonds is 1. The highest BCUT2D eigenvalue weighted by Crippen LogP contribution is 2.34. The summed E-state index contributed by atoms with van der Waals surface area (Å²) in [4.78, 5) is 6.64. The number of nitrogen functional groups attached to an aromatic ring is 1. The van der Waals surface area contributed by atoms with Gasteiger partial charge in [0.25, 0.3) is 0 Å². The first-order valence-corrected chi connectivity index (χ1v) is 7.57. The molecule has 0 amide bonds. The van der Waals surface area contributed by atoms with Gasteiger partial charge in [-0.2, -0.15) is 0 Å². The van der Waals surface area contributed by atoms with E-state index in [-0.39, 0.29) is 5.82 Å². The number of nitrogens with zero attached hydrogens (tertiary/aromatic N) is 3. The van der Waals surface area contributed by atoms with Crippen molar-refractivity contribution in [3.8, 4) is 0 Å². The number of nitrogens with two attached hydrogens (primary N) is 1. The summed E-state index contributed by atoms with van der Waals surface area (Å²) in [5, 5.41) is 0. The van der Waals surface area contributed by atoms with Crippen molar-refractivity contribution >= 4 is 32.9 Å². The number of fused-ring (bicyclic) bond motifs is 1. The second-order valence-electron chi connectivity index (χ2n) is 5.69. The highest BCUT2D eigenvalue weighted by molar-refractivity contribution is 9.10. The maximum atomic E-state index is 13.6. The van der Waals surface area contributed by atoms with E-state index in [4.69, 9.17) is 5.73 Å². The first-order valence-electron chi connectivity index (χ1n) is 6.78. The van der Waals surface area contributed by atoms with Gasteiger partial charge in [0, 0.05) is 18.7 Å². The third-order valence-corrected chi connectivity index (χ3v) is 4.76. The number of halogens is 2. The van der Waals surface area contributed by atoms with Gasteiger partial charge in [-0.15, -0.1) is 0 Å². The molecule has 6 heteroatoms. The Labute approximate surface area is 125 Å². The molecule has 1 aliphatic heterocycles. The van der Waals surface area contributed by atoms with Crippen LogP contribution in [-0.4, -0.2) is 34.6 Å². The molecule has 20 heavy (non-hydrogen) atoms. The van der Waals surface area contributed by atoms with Crippen LogP contribution in [0.25, 0.3) is 11.0 Å². The van der Waals surface area contributed by atoms with Gasteiger partial charge in [-0.25, -0.2) is 9.37 Å². The molecule has 1 saturated heterocycles. The Kier molecular flexibility index (Phi) is 3.46. The third-order valence-electron chi connectivity index (χ3n) is 4.15. The molecule has 2 N–H and O–H groups in total. The van der Waals surface area contributed by atoms with Gasteiger partial charge in [0.2, 0.25) is 5.95 Å². The molecule has 3 rings (SSSR count). The maximum Gasteiger partial charge on any atom is 0.201 e. The number of imidazole rings is 1. The normalized spacial score (nSPS) is 24.4. The van der Waals surface area contributed by atoms with Crippen LogP contribution in [0.5, 0.6) is 0 Å². The lowest BCUT2D eigenvalue weighted by atomic mass is 9.94. The van der Waals surface area contributed by atoms with Gasteiger partial charge in [-0.05, 0) is 47.9 Å². The molecule has 108 valence electrons. The van der Waals surface area contributed by atoms with E-state index in [1.807, 2.05) is 0 Å². The Morgan fingerprint density at radius 2 is 2.20 bits per heavy atom. The predicted octanol–water partition coefficient (Wildman–Crippen LogP) is 3.03. The van der Waals surface area contributed by atoms with Crippen molar-refractivity contribution in [2.24, 2.45) is 5.92 Å². The zero-order valence-corrected chi connectivity index (χ0v) is 13.2. The van der Waals surface area contributed by atoms with E-state index in [9.17, 15) is 4.39 Å². The van der Waals surface area contributed by atoms with Crippen LogP contribution in [0.15, 0.2) is 16.6 Å². The first kappa shape index (κ1) is 13.8. The molecule has 2 aromatic rings. The molecule has 0 radical (unpaired) electrons. The minimum atomic E-state index is -0.307. The van der Waals surface area contributed by atoms with Crippen molar-refractivity contribution in [3.63, 3.8) is 0 Å². The molecular weight excluding hydrogens is 323 g/mol. The molecule has 2 atom stereocenters. The lowest BCUT2D eigenvalue weighted by molar-refractivity contribution is 0.162. The van der Waals surface area contributed by atoms with Crippen molar-refractivity contribution in [1.82, 2.24) is 14.5 Å². The number of hydrogen-bond donors (Lipinski definition) is 1. The molecule has 0 spiro atoms. The molecule has 1 aliphatic rings. The van der Waals surface area contributed by atoms with Crippen LogP contribution in [0.4, 0.5) is 10.3 Å². The van der Waals surface area contributed by atoms with Gasteiger partial charge >= 0.3 is 0 Å². The molecule has 2 unspecified atom stereocenters. The number of likely N-dealkylation sites (tertiary alicyclic amines) is 1. The van der Waals surface area contributed by atoms with E-state index >= 15 is 0 Å². The Bertz CT molecular complexity index is 654. The average molecular weight is 341 g/mol. The highest BCUT2D eigenvalue weighted by atomic mass is 79.9. The average Bonchev–Trinajstić information content (AvgIpc) is 2.66. The predicted molar refractivity (Wildman–Crippen MR) is 82.1 cm³/mol. The van der Waals surface area contributed by atoms with Crippen LogP contribution in [-0.2, 0) is 0 Å². The molecule has 0 saturated carbocycles. The van der Waals surface area contributed by atoms with Gasteiger partial charge < -0.3 is 15.2 Å². The fourth-order valence-electron chi connectivity index (χ4n) is 3.18.